The summed E-state index contributed by atoms with van der Waals surface area (Å²) in [5, 5.41) is 8.06. The molecule has 0 radical (unpaired) electrons. The van der Waals surface area contributed by atoms with Crippen LogP contribution >= 0.6 is 11.3 Å². The Hall–Kier alpha value is -2.50. The predicted molar refractivity (Wildman–Crippen MR) is 105 cm³/mol. The monoisotopic (exact) mass is 368 g/mol. The van der Waals surface area contributed by atoms with E-state index in [0.29, 0.717) is 5.69 Å². The molecule has 3 nitrogen and oxygen atoms in total. The highest BCUT2D eigenvalue weighted by Gasteiger charge is 2.16. The second-order valence-electron chi connectivity index (χ2n) is 5.98. The minimum atomic E-state index is -0.372. The zero-order valence-electron chi connectivity index (χ0n) is 14.5. The van der Waals surface area contributed by atoms with Crippen LogP contribution in [0, 0.1) is 5.82 Å². The SMILES string of the molecule is CCc1ccc([C@H](NCC(=O)Nc2cccc(F)c2)c2cccs2)cc1. The van der Waals surface area contributed by atoms with E-state index < -0.39 is 0 Å². The summed E-state index contributed by atoms with van der Waals surface area (Å²) in [6, 6.07) is 18.3. The van der Waals surface area contributed by atoms with E-state index in [1.807, 2.05) is 11.4 Å². The van der Waals surface area contributed by atoms with Gasteiger partial charge in [-0.25, -0.2) is 4.39 Å². The molecule has 26 heavy (non-hydrogen) atoms. The van der Waals surface area contributed by atoms with Gasteiger partial charge in [0, 0.05) is 10.6 Å². The third-order valence-electron chi connectivity index (χ3n) is 4.12. The number of carbonyl (C=O) groups excluding carboxylic acids is 1. The first-order chi connectivity index (χ1) is 12.7. The van der Waals surface area contributed by atoms with Crippen molar-refractivity contribution >= 4 is 22.9 Å². The Morgan fingerprint density at radius 1 is 1.12 bits per heavy atom. The van der Waals surface area contributed by atoms with Crippen molar-refractivity contribution < 1.29 is 9.18 Å². The lowest BCUT2D eigenvalue weighted by atomic mass is 10.0. The van der Waals surface area contributed by atoms with Crippen LogP contribution < -0.4 is 10.6 Å². The zero-order valence-corrected chi connectivity index (χ0v) is 15.4. The highest BCUT2D eigenvalue weighted by Crippen LogP contribution is 2.26. The van der Waals surface area contributed by atoms with E-state index in [1.165, 1.54) is 17.7 Å². The van der Waals surface area contributed by atoms with Crippen LogP contribution in [0.1, 0.15) is 29.0 Å². The van der Waals surface area contributed by atoms with Crippen molar-refractivity contribution in [2.45, 2.75) is 19.4 Å². The van der Waals surface area contributed by atoms with Crippen LogP contribution in [0.2, 0.25) is 0 Å². The van der Waals surface area contributed by atoms with E-state index in [2.05, 4.69) is 47.9 Å². The molecule has 3 aromatic rings. The van der Waals surface area contributed by atoms with E-state index >= 15 is 0 Å². The molecule has 2 N–H and O–H groups in total. The van der Waals surface area contributed by atoms with Gasteiger partial charge in [0.05, 0.1) is 12.6 Å². The van der Waals surface area contributed by atoms with E-state index in [0.717, 1.165) is 16.9 Å². The van der Waals surface area contributed by atoms with Gasteiger partial charge in [0.1, 0.15) is 5.82 Å². The fraction of sp³-hybridized carbons (Fsp3) is 0.190. The molecule has 1 aromatic heterocycles. The van der Waals surface area contributed by atoms with Gasteiger partial charge in [-0.15, -0.1) is 11.3 Å². The van der Waals surface area contributed by atoms with Crippen molar-refractivity contribution in [3.8, 4) is 0 Å². The normalized spacial score (nSPS) is 11.9. The third-order valence-corrected chi connectivity index (χ3v) is 5.06. The first-order valence-corrected chi connectivity index (χ1v) is 9.44. The van der Waals surface area contributed by atoms with Crippen LogP contribution in [0.4, 0.5) is 10.1 Å². The molecule has 1 heterocycles. The number of benzene rings is 2. The maximum atomic E-state index is 13.2. The number of thiophene rings is 1. The maximum absolute atomic E-state index is 13.2. The van der Waals surface area contributed by atoms with Crippen molar-refractivity contribution in [3.05, 3.63) is 87.9 Å². The van der Waals surface area contributed by atoms with Crippen LogP contribution in [0.5, 0.6) is 0 Å². The van der Waals surface area contributed by atoms with Gasteiger partial charge in [-0.3, -0.25) is 10.1 Å². The summed E-state index contributed by atoms with van der Waals surface area (Å²) in [5.74, 6) is -0.578. The molecule has 0 saturated heterocycles. The minimum Gasteiger partial charge on any atom is -0.325 e. The fourth-order valence-electron chi connectivity index (χ4n) is 2.75. The summed E-state index contributed by atoms with van der Waals surface area (Å²) in [7, 11) is 0. The first kappa shape index (κ1) is 18.3. The lowest BCUT2D eigenvalue weighted by molar-refractivity contribution is -0.115. The summed E-state index contributed by atoms with van der Waals surface area (Å²) >= 11 is 1.65. The van der Waals surface area contributed by atoms with Gasteiger partial charge in [0.2, 0.25) is 5.91 Å². The van der Waals surface area contributed by atoms with Crippen molar-refractivity contribution in [1.29, 1.82) is 0 Å². The molecule has 3 rings (SSSR count). The average Bonchev–Trinajstić information content (AvgIpc) is 3.17. The number of amides is 1. The fourth-order valence-corrected chi connectivity index (χ4v) is 3.58. The van der Waals surface area contributed by atoms with E-state index in [1.54, 1.807) is 23.5 Å². The molecule has 5 heteroatoms. The Kier molecular flexibility index (Phi) is 6.15. The standard InChI is InChI=1S/C21H21FN2OS/c1-2-15-8-10-16(11-9-15)21(19-7-4-12-26-19)23-14-20(25)24-18-6-3-5-17(22)13-18/h3-13,21,23H,2,14H2,1H3,(H,24,25)/t21-/m0/s1. The van der Waals surface area contributed by atoms with Gasteiger partial charge < -0.3 is 5.32 Å². The Balaban J connectivity index is 1.69. The molecule has 1 atom stereocenters. The Bertz CT molecular complexity index is 847. The van der Waals surface area contributed by atoms with E-state index in [4.69, 9.17) is 0 Å². The van der Waals surface area contributed by atoms with E-state index in [9.17, 15) is 9.18 Å². The van der Waals surface area contributed by atoms with Gasteiger partial charge in [-0.05, 0) is 47.2 Å². The second kappa shape index (κ2) is 8.74. The molecular formula is C21H21FN2OS. The summed E-state index contributed by atoms with van der Waals surface area (Å²) in [4.78, 5) is 13.4. The molecule has 0 aliphatic heterocycles. The molecular weight excluding hydrogens is 347 g/mol. The highest BCUT2D eigenvalue weighted by atomic mass is 32.1. The number of carbonyl (C=O) groups is 1. The molecule has 0 unspecified atom stereocenters. The van der Waals surface area contributed by atoms with Crippen LogP contribution in [0.25, 0.3) is 0 Å². The average molecular weight is 368 g/mol. The maximum Gasteiger partial charge on any atom is 0.238 e. The van der Waals surface area contributed by atoms with Crippen LogP contribution in [0.15, 0.2) is 66.0 Å². The van der Waals surface area contributed by atoms with Crippen LogP contribution in [-0.2, 0) is 11.2 Å². The number of aryl methyl sites for hydroxylation is 1. The minimum absolute atomic E-state index is 0.0563. The molecule has 2 aromatic carbocycles. The van der Waals surface area contributed by atoms with Crippen molar-refractivity contribution in [2.75, 3.05) is 11.9 Å². The topological polar surface area (TPSA) is 41.1 Å². The molecule has 0 aliphatic rings. The van der Waals surface area contributed by atoms with Crippen molar-refractivity contribution in [3.63, 3.8) is 0 Å². The number of halogens is 1. The number of hydrogen-bond donors (Lipinski definition) is 2. The largest absolute Gasteiger partial charge is 0.325 e. The zero-order chi connectivity index (χ0) is 18.4. The molecule has 0 aliphatic carbocycles. The van der Waals surface area contributed by atoms with Gasteiger partial charge >= 0.3 is 0 Å². The van der Waals surface area contributed by atoms with Gasteiger partial charge in [0.25, 0.3) is 0 Å². The summed E-state index contributed by atoms with van der Waals surface area (Å²) < 4.78 is 13.2. The summed E-state index contributed by atoms with van der Waals surface area (Å²) in [6.45, 7) is 2.26. The Morgan fingerprint density at radius 3 is 2.58 bits per heavy atom. The first-order valence-electron chi connectivity index (χ1n) is 8.56. The molecule has 0 spiro atoms. The van der Waals surface area contributed by atoms with Gasteiger partial charge in [-0.2, -0.15) is 0 Å². The van der Waals surface area contributed by atoms with E-state index in [-0.39, 0.29) is 24.3 Å². The third kappa shape index (κ3) is 4.77. The number of rotatable bonds is 7. The lowest BCUT2D eigenvalue weighted by Gasteiger charge is -2.18. The quantitative estimate of drug-likeness (QED) is 0.631. The predicted octanol–water partition coefficient (Wildman–Crippen LogP) is 4.77. The summed E-state index contributed by atoms with van der Waals surface area (Å²) in [5.41, 5.74) is 2.85. The molecule has 0 saturated carbocycles. The van der Waals surface area contributed by atoms with Gasteiger partial charge in [0.15, 0.2) is 0 Å². The van der Waals surface area contributed by atoms with Crippen LogP contribution in [-0.4, -0.2) is 12.5 Å². The number of anilines is 1. The van der Waals surface area contributed by atoms with Gasteiger partial charge in [-0.1, -0.05) is 43.3 Å². The van der Waals surface area contributed by atoms with Crippen molar-refractivity contribution in [1.82, 2.24) is 5.32 Å². The highest BCUT2D eigenvalue weighted by molar-refractivity contribution is 7.10. The molecule has 0 fully saturated rings. The lowest BCUT2D eigenvalue weighted by Crippen LogP contribution is -2.31. The molecule has 0 bridgehead atoms. The number of hydrogen-bond acceptors (Lipinski definition) is 3. The summed E-state index contributed by atoms with van der Waals surface area (Å²) in [6.07, 6.45) is 0.993. The number of nitrogens with one attached hydrogen (secondary N) is 2. The molecule has 134 valence electrons. The second-order valence-corrected chi connectivity index (χ2v) is 6.96. The molecule has 1 amide bonds. The Morgan fingerprint density at radius 2 is 1.92 bits per heavy atom. The Labute approximate surface area is 156 Å². The van der Waals surface area contributed by atoms with Crippen molar-refractivity contribution in [2.24, 2.45) is 0 Å². The van der Waals surface area contributed by atoms with Crippen LogP contribution in [0.3, 0.4) is 0 Å². The smallest absolute Gasteiger partial charge is 0.238 e.